The van der Waals surface area contributed by atoms with Gasteiger partial charge in [-0.15, -0.1) is 5.10 Å². The van der Waals surface area contributed by atoms with Crippen molar-refractivity contribution in [3.63, 3.8) is 0 Å². The van der Waals surface area contributed by atoms with Crippen LogP contribution in [0.15, 0.2) is 47.3 Å². The molecule has 1 unspecified atom stereocenters. The fourth-order valence-corrected chi connectivity index (χ4v) is 4.98. The van der Waals surface area contributed by atoms with Crippen LogP contribution in [0, 0.1) is 4.77 Å². The molecule has 0 spiro atoms. The Balaban J connectivity index is 1.41. The van der Waals surface area contributed by atoms with Gasteiger partial charge in [0.1, 0.15) is 0 Å². The first kappa shape index (κ1) is 18.6. The Morgan fingerprint density at radius 3 is 2.90 bits per heavy atom. The Bertz CT molecular complexity index is 1450. The monoisotopic (exact) mass is 435 g/mol. The maximum atomic E-state index is 12.8. The highest BCUT2D eigenvalue weighted by molar-refractivity contribution is 7.71. The zero-order chi connectivity index (χ0) is 21.1. The minimum Gasteiger partial charge on any atom is -0.454 e. The number of nitrogens with zero attached hydrogens (tertiary/aromatic N) is 5. The molecule has 4 aromatic rings. The van der Waals surface area contributed by atoms with Crippen LogP contribution in [0.3, 0.4) is 0 Å². The predicted octanol–water partition coefficient (Wildman–Crippen LogP) is 3.24. The van der Waals surface area contributed by atoms with Crippen LogP contribution in [0.5, 0.6) is 11.5 Å². The molecule has 0 amide bonds. The van der Waals surface area contributed by atoms with Gasteiger partial charge in [-0.05, 0) is 54.9 Å². The SMILES string of the molecule is Cn1c(=O)c2ccccc2n2c(=S)n(CN3CCCC3c3ccc4c(c3)OCO4)nc12. The lowest BCUT2D eigenvalue weighted by Crippen LogP contribution is -2.27. The van der Waals surface area contributed by atoms with Crippen molar-refractivity contribution in [2.45, 2.75) is 25.6 Å². The highest BCUT2D eigenvalue weighted by Gasteiger charge is 2.28. The Hall–Kier alpha value is -3.17. The zero-order valence-corrected chi connectivity index (χ0v) is 17.8. The van der Waals surface area contributed by atoms with Crippen molar-refractivity contribution < 1.29 is 9.47 Å². The number of fused-ring (bicyclic) bond motifs is 4. The Labute approximate surface area is 182 Å². The van der Waals surface area contributed by atoms with E-state index in [-0.39, 0.29) is 18.4 Å². The van der Waals surface area contributed by atoms with Gasteiger partial charge in [0.15, 0.2) is 11.5 Å². The number of ether oxygens (including phenoxy) is 2. The normalized spacial score (nSPS) is 18.4. The molecule has 0 aliphatic carbocycles. The number of para-hydroxylation sites is 1. The number of hydrogen-bond donors (Lipinski definition) is 0. The smallest absolute Gasteiger partial charge is 0.262 e. The van der Waals surface area contributed by atoms with Crippen LogP contribution < -0.4 is 15.0 Å². The summed E-state index contributed by atoms with van der Waals surface area (Å²) >= 11 is 5.80. The summed E-state index contributed by atoms with van der Waals surface area (Å²) in [6.45, 7) is 1.78. The lowest BCUT2D eigenvalue weighted by molar-refractivity contribution is 0.173. The van der Waals surface area contributed by atoms with Crippen molar-refractivity contribution in [1.29, 1.82) is 0 Å². The predicted molar refractivity (Wildman–Crippen MR) is 118 cm³/mol. The standard InChI is InChI=1S/C22H21N5O3S/c1-24-20(28)15-5-2-3-6-17(15)27-21(24)23-26(22(27)31)12-25-10-4-7-16(25)14-8-9-18-19(11-14)30-13-29-18/h2-3,5-6,8-9,11,16H,4,7,10,12-13H2,1H3. The molecule has 1 saturated heterocycles. The molecule has 2 aliphatic heterocycles. The van der Waals surface area contributed by atoms with E-state index >= 15 is 0 Å². The van der Waals surface area contributed by atoms with E-state index in [4.69, 9.17) is 26.8 Å². The topological polar surface area (TPSA) is 65.9 Å². The fraction of sp³-hybridized carbons (Fsp3) is 0.318. The van der Waals surface area contributed by atoms with E-state index in [1.54, 1.807) is 11.6 Å². The minimum atomic E-state index is -0.0744. The number of likely N-dealkylation sites (tertiary alicyclic amines) is 1. The molecule has 2 aliphatic rings. The van der Waals surface area contributed by atoms with Crippen LogP contribution >= 0.6 is 12.2 Å². The largest absolute Gasteiger partial charge is 0.454 e. The highest BCUT2D eigenvalue weighted by Crippen LogP contribution is 2.39. The summed E-state index contributed by atoms with van der Waals surface area (Å²) in [6, 6.07) is 13.9. The summed E-state index contributed by atoms with van der Waals surface area (Å²) in [4.78, 5) is 15.1. The summed E-state index contributed by atoms with van der Waals surface area (Å²) in [6.07, 6.45) is 2.16. The van der Waals surface area contributed by atoms with Crippen molar-refractivity contribution in [2.24, 2.45) is 7.05 Å². The second-order valence-corrected chi connectivity index (χ2v) is 8.39. The molecule has 4 heterocycles. The molecule has 0 saturated carbocycles. The van der Waals surface area contributed by atoms with Gasteiger partial charge in [0, 0.05) is 19.6 Å². The number of hydrogen-bond acceptors (Lipinski definition) is 6. The van der Waals surface area contributed by atoms with E-state index in [0.717, 1.165) is 36.4 Å². The second kappa shape index (κ2) is 6.93. The molecular formula is C22H21N5O3S. The van der Waals surface area contributed by atoms with E-state index in [0.29, 0.717) is 22.6 Å². The molecule has 31 heavy (non-hydrogen) atoms. The lowest BCUT2D eigenvalue weighted by atomic mass is 10.0. The molecule has 1 fully saturated rings. The third kappa shape index (κ3) is 2.80. The van der Waals surface area contributed by atoms with Crippen molar-refractivity contribution in [3.05, 3.63) is 63.2 Å². The van der Waals surface area contributed by atoms with Crippen LogP contribution in [0.4, 0.5) is 0 Å². The van der Waals surface area contributed by atoms with Gasteiger partial charge in [-0.3, -0.25) is 18.7 Å². The molecule has 2 aromatic carbocycles. The van der Waals surface area contributed by atoms with Crippen LogP contribution in [0.25, 0.3) is 16.7 Å². The zero-order valence-electron chi connectivity index (χ0n) is 17.0. The number of benzene rings is 2. The number of aryl methyl sites for hydroxylation is 1. The molecule has 6 rings (SSSR count). The van der Waals surface area contributed by atoms with Crippen LogP contribution in [0.2, 0.25) is 0 Å². The van der Waals surface area contributed by atoms with E-state index in [9.17, 15) is 4.79 Å². The number of rotatable bonds is 3. The first-order valence-electron chi connectivity index (χ1n) is 10.3. The van der Waals surface area contributed by atoms with Crippen molar-refractivity contribution in [3.8, 4) is 11.5 Å². The first-order chi connectivity index (χ1) is 15.1. The second-order valence-electron chi connectivity index (χ2n) is 8.02. The Morgan fingerprint density at radius 2 is 2.00 bits per heavy atom. The number of aromatic nitrogens is 4. The Morgan fingerprint density at radius 1 is 1.16 bits per heavy atom. The molecule has 0 bridgehead atoms. The van der Waals surface area contributed by atoms with Crippen LogP contribution in [0.1, 0.15) is 24.4 Å². The molecule has 9 heteroatoms. The van der Waals surface area contributed by atoms with E-state index < -0.39 is 0 Å². The molecule has 158 valence electrons. The summed E-state index contributed by atoms with van der Waals surface area (Å²) in [5.74, 6) is 2.14. The summed E-state index contributed by atoms with van der Waals surface area (Å²) in [7, 11) is 1.74. The Kier molecular flexibility index (Phi) is 4.15. The van der Waals surface area contributed by atoms with E-state index in [2.05, 4.69) is 17.0 Å². The van der Waals surface area contributed by atoms with Crippen LogP contribution in [-0.4, -0.2) is 37.0 Å². The van der Waals surface area contributed by atoms with Gasteiger partial charge in [-0.1, -0.05) is 18.2 Å². The van der Waals surface area contributed by atoms with Gasteiger partial charge in [-0.2, -0.15) is 0 Å². The molecule has 0 radical (unpaired) electrons. The van der Waals surface area contributed by atoms with Gasteiger partial charge in [0.25, 0.3) is 5.56 Å². The highest BCUT2D eigenvalue weighted by atomic mass is 32.1. The fourth-order valence-electron chi connectivity index (χ4n) is 4.70. The third-order valence-electron chi connectivity index (χ3n) is 6.26. The molecular weight excluding hydrogens is 414 g/mol. The first-order valence-corrected chi connectivity index (χ1v) is 10.7. The average molecular weight is 436 g/mol. The minimum absolute atomic E-state index is 0.0744. The van der Waals surface area contributed by atoms with Crippen molar-refractivity contribution in [2.75, 3.05) is 13.3 Å². The van der Waals surface area contributed by atoms with Gasteiger partial charge >= 0.3 is 0 Å². The molecule has 1 atom stereocenters. The quantitative estimate of drug-likeness (QED) is 0.461. The average Bonchev–Trinajstić information content (AvgIpc) is 3.51. The summed E-state index contributed by atoms with van der Waals surface area (Å²) < 4.78 is 16.9. The summed E-state index contributed by atoms with van der Waals surface area (Å²) in [5, 5.41) is 5.36. The van der Waals surface area contributed by atoms with Gasteiger partial charge < -0.3 is 9.47 Å². The van der Waals surface area contributed by atoms with Gasteiger partial charge in [0.05, 0.1) is 17.6 Å². The maximum absolute atomic E-state index is 12.8. The molecule has 2 aromatic heterocycles. The van der Waals surface area contributed by atoms with E-state index in [1.807, 2.05) is 39.4 Å². The van der Waals surface area contributed by atoms with Gasteiger partial charge in [-0.25, -0.2) is 4.68 Å². The van der Waals surface area contributed by atoms with E-state index in [1.165, 1.54) is 5.56 Å². The summed E-state index contributed by atoms with van der Waals surface area (Å²) in [5.41, 5.74) is 1.91. The van der Waals surface area contributed by atoms with Crippen molar-refractivity contribution >= 4 is 28.9 Å². The molecule has 0 N–H and O–H groups in total. The van der Waals surface area contributed by atoms with Gasteiger partial charge in [0.2, 0.25) is 17.3 Å². The maximum Gasteiger partial charge on any atom is 0.262 e. The third-order valence-corrected chi connectivity index (χ3v) is 6.66. The molecule has 8 nitrogen and oxygen atoms in total. The van der Waals surface area contributed by atoms with Crippen molar-refractivity contribution in [1.82, 2.24) is 23.6 Å². The lowest BCUT2D eigenvalue weighted by Gasteiger charge is -2.24. The van der Waals surface area contributed by atoms with Crippen LogP contribution in [-0.2, 0) is 13.7 Å².